The molecule has 1 atom stereocenters. The summed E-state index contributed by atoms with van der Waals surface area (Å²) in [5.74, 6) is -0.314. The van der Waals surface area contributed by atoms with Crippen molar-refractivity contribution >= 4 is 22.4 Å². The first kappa shape index (κ1) is 18.4. The highest BCUT2D eigenvalue weighted by Gasteiger charge is 2.32. The summed E-state index contributed by atoms with van der Waals surface area (Å²) in [7, 11) is -3.75. The molecule has 0 saturated carbocycles. The summed E-state index contributed by atoms with van der Waals surface area (Å²) >= 11 is 0. The number of nitrogens with two attached hydrogens (primary N) is 1. The van der Waals surface area contributed by atoms with Crippen molar-refractivity contribution in [1.29, 1.82) is 0 Å². The number of nitrogens with zero attached hydrogens (tertiary/aromatic N) is 1. The molecule has 0 amide bonds. The van der Waals surface area contributed by atoms with Crippen molar-refractivity contribution in [2.75, 3.05) is 13.1 Å². The maximum absolute atomic E-state index is 14.0. The van der Waals surface area contributed by atoms with Crippen LogP contribution in [0.3, 0.4) is 0 Å². The van der Waals surface area contributed by atoms with Gasteiger partial charge in [-0.2, -0.15) is 4.31 Å². The number of sulfonamides is 1. The van der Waals surface area contributed by atoms with Crippen LogP contribution in [0.2, 0.25) is 0 Å². The minimum absolute atomic E-state index is 0. The highest BCUT2D eigenvalue weighted by Crippen LogP contribution is 2.27. The van der Waals surface area contributed by atoms with E-state index in [1.165, 1.54) is 10.4 Å². The number of aryl methyl sites for hydroxylation is 1. The van der Waals surface area contributed by atoms with Crippen molar-refractivity contribution in [2.24, 2.45) is 11.7 Å². The van der Waals surface area contributed by atoms with E-state index < -0.39 is 15.8 Å². The lowest BCUT2D eigenvalue weighted by molar-refractivity contribution is 0.250. The first-order chi connectivity index (χ1) is 9.34. The van der Waals surface area contributed by atoms with Crippen molar-refractivity contribution < 1.29 is 12.8 Å². The van der Waals surface area contributed by atoms with Gasteiger partial charge in [-0.25, -0.2) is 12.8 Å². The van der Waals surface area contributed by atoms with Gasteiger partial charge in [0.2, 0.25) is 10.0 Å². The second-order valence-corrected chi connectivity index (χ2v) is 7.39. The molecule has 120 valence electrons. The Labute approximate surface area is 132 Å². The molecule has 2 rings (SSSR count). The van der Waals surface area contributed by atoms with E-state index in [4.69, 9.17) is 5.73 Å². The zero-order valence-electron chi connectivity index (χ0n) is 12.3. The largest absolute Gasteiger partial charge is 0.328 e. The van der Waals surface area contributed by atoms with Gasteiger partial charge in [0.25, 0.3) is 0 Å². The van der Waals surface area contributed by atoms with Gasteiger partial charge in [0, 0.05) is 19.1 Å². The summed E-state index contributed by atoms with van der Waals surface area (Å²) in [6.07, 6.45) is 1.45. The van der Waals surface area contributed by atoms with Gasteiger partial charge in [-0.3, -0.25) is 0 Å². The molecular weight excluding hydrogens is 315 g/mol. The number of piperidine rings is 1. The van der Waals surface area contributed by atoms with Gasteiger partial charge in [0.15, 0.2) is 0 Å². The maximum Gasteiger partial charge on any atom is 0.245 e. The average molecular weight is 337 g/mol. The lowest BCUT2D eigenvalue weighted by Gasteiger charge is -2.33. The molecule has 1 aliphatic heterocycles. The Morgan fingerprint density at radius 2 is 1.90 bits per heavy atom. The molecule has 4 nitrogen and oxygen atoms in total. The molecule has 7 heteroatoms. The Balaban J connectivity index is 0.00000220. The van der Waals surface area contributed by atoms with Gasteiger partial charge < -0.3 is 5.73 Å². The Bertz CT molecular complexity index is 585. The molecule has 0 aromatic heterocycles. The summed E-state index contributed by atoms with van der Waals surface area (Å²) in [6.45, 7) is 4.32. The number of benzene rings is 1. The van der Waals surface area contributed by atoms with Gasteiger partial charge in [-0.1, -0.05) is 12.1 Å². The van der Waals surface area contributed by atoms with Crippen LogP contribution < -0.4 is 5.73 Å². The van der Waals surface area contributed by atoms with E-state index in [-0.39, 0.29) is 23.3 Å². The molecule has 2 N–H and O–H groups in total. The SMILES string of the molecule is Cc1cccc(S(=O)(=O)N2CCC(C(C)N)CC2)c1F.Cl. The topological polar surface area (TPSA) is 63.4 Å². The van der Waals surface area contributed by atoms with Crippen LogP contribution in [0.25, 0.3) is 0 Å². The highest BCUT2D eigenvalue weighted by atomic mass is 35.5. The van der Waals surface area contributed by atoms with Crippen molar-refractivity contribution in [3.05, 3.63) is 29.6 Å². The van der Waals surface area contributed by atoms with Gasteiger partial charge in [-0.15, -0.1) is 12.4 Å². The number of hydrogen-bond donors (Lipinski definition) is 1. The molecule has 0 spiro atoms. The van der Waals surface area contributed by atoms with Gasteiger partial charge >= 0.3 is 0 Å². The van der Waals surface area contributed by atoms with E-state index in [9.17, 15) is 12.8 Å². The second kappa shape index (κ2) is 7.05. The molecule has 0 radical (unpaired) electrons. The number of rotatable bonds is 3. The van der Waals surface area contributed by atoms with E-state index in [1.807, 2.05) is 6.92 Å². The lowest BCUT2D eigenvalue weighted by atomic mass is 9.92. The maximum atomic E-state index is 14.0. The molecule has 1 unspecified atom stereocenters. The monoisotopic (exact) mass is 336 g/mol. The van der Waals surface area contributed by atoms with Crippen molar-refractivity contribution in [2.45, 2.75) is 37.6 Å². The molecule has 1 aromatic rings. The van der Waals surface area contributed by atoms with Crippen molar-refractivity contribution in [1.82, 2.24) is 4.31 Å². The van der Waals surface area contributed by atoms with Crippen LogP contribution in [0.1, 0.15) is 25.3 Å². The van der Waals surface area contributed by atoms with Crippen molar-refractivity contribution in [3.8, 4) is 0 Å². The highest BCUT2D eigenvalue weighted by molar-refractivity contribution is 7.89. The van der Waals surface area contributed by atoms with Crippen LogP contribution in [-0.2, 0) is 10.0 Å². The zero-order valence-corrected chi connectivity index (χ0v) is 13.9. The zero-order chi connectivity index (χ0) is 14.9. The summed E-state index contributed by atoms with van der Waals surface area (Å²) in [5, 5.41) is 0. The first-order valence-corrected chi connectivity index (χ1v) is 8.29. The van der Waals surface area contributed by atoms with Gasteiger partial charge in [0.05, 0.1) is 0 Å². The third-order valence-electron chi connectivity index (χ3n) is 4.02. The number of halogens is 2. The Morgan fingerprint density at radius 1 is 1.33 bits per heavy atom. The minimum atomic E-state index is -3.75. The molecule has 0 aliphatic carbocycles. The predicted molar refractivity (Wildman–Crippen MR) is 83.5 cm³/mol. The van der Waals surface area contributed by atoms with E-state index in [2.05, 4.69) is 0 Å². The van der Waals surface area contributed by atoms with Crippen molar-refractivity contribution in [3.63, 3.8) is 0 Å². The summed E-state index contributed by atoms with van der Waals surface area (Å²) < 4.78 is 40.4. The van der Waals surface area contributed by atoms with E-state index >= 15 is 0 Å². The van der Waals surface area contributed by atoms with Crippen LogP contribution in [0.4, 0.5) is 4.39 Å². The van der Waals surface area contributed by atoms with E-state index in [0.717, 1.165) is 12.8 Å². The summed E-state index contributed by atoms with van der Waals surface area (Å²) in [4.78, 5) is -0.225. The molecule has 1 fully saturated rings. The van der Waals surface area contributed by atoms with E-state index in [1.54, 1.807) is 19.1 Å². The fraction of sp³-hybridized carbons (Fsp3) is 0.571. The van der Waals surface area contributed by atoms with Crippen LogP contribution in [-0.4, -0.2) is 31.9 Å². The standard InChI is InChI=1S/C14H21FN2O2S.ClH/c1-10-4-3-5-13(14(10)15)20(18,19)17-8-6-12(7-9-17)11(2)16;/h3-5,11-12H,6-9,16H2,1-2H3;1H. The fourth-order valence-corrected chi connectivity index (χ4v) is 4.21. The molecule has 1 aliphatic rings. The first-order valence-electron chi connectivity index (χ1n) is 6.85. The lowest BCUT2D eigenvalue weighted by Crippen LogP contribution is -2.42. The van der Waals surface area contributed by atoms with Crippen LogP contribution in [0.5, 0.6) is 0 Å². The minimum Gasteiger partial charge on any atom is -0.328 e. The fourth-order valence-electron chi connectivity index (χ4n) is 2.60. The van der Waals surface area contributed by atoms with Crippen LogP contribution in [0.15, 0.2) is 23.1 Å². The molecule has 0 bridgehead atoms. The smallest absolute Gasteiger partial charge is 0.245 e. The molecular formula is C14H22ClFN2O2S. The summed E-state index contributed by atoms with van der Waals surface area (Å²) in [5.41, 5.74) is 6.19. The molecule has 1 saturated heterocycles. The molecule has 21 heavy (non-hydrogen) atoms. The van der Waals surface area contributed by atoms with Gasteiger partial charge in [-0.05, 0) is 44.2 Å². The van der Waals surface area contributed by atoms with Crippen LogP contribution in [0, 0.1) is 18.7 Å². The molecule has 1 aromatic carbocycles. The van der Waals surface area contributed by atoms with Crippen LogP contribution >= 0.6 is 12.4 Å². The normalized spacial score (nSPS) is 19.0. The van der Waals surface area contributed by atoms with E-state index in [0.29, 0.717) is 24.6 Å². The quantitative estimate of drug-likeness (QED) is 0.921. The average Bonchev–Trinajstić information content (AvgIpc) is 2.41. The number of hydrogen-bond acceptors (Lipinski definition) is 3. The third kappa shape index (κ3) is 3.74. The summed E-state index contributed by atoms with van der Waals surface area (Å²) in [6, 6.07) is 4.53. The predicted octanol–water partition coefficient (Wildman–Crippen LogP) is 2.30. The molecule has 1 heterocycles. The third-order valence-corrected chi connectivity index (χ3v) is 5.93. The Morgan fingerprint density at radius 3 is 2.43 bits per heavy atom. The second-order valence-electron chi connectivity index (χ2n) is 5.49. The Hall–Kier alpha value is -0.690. The van der Waals surface area contributed by atoms with Gasteiger partial charge in [0.1, 0.15) is 10.7 Å². The Kier molecular flexibility index (Phi) is 6.16.